The molecule has 3 fully saturated rings. The van der Waals surface area contributed by atoms with Crippen LogP contribution >= 0.6 is 11.3 Å². The highest BCUT2D eigenvalue weighted by molar-refractivity contribution is 7.09. The number of nitrogens with zero attached hydrogens (tertiary/aromatic N) is 3. The van der Waals surface area contributed by atoms with Gasteiger partial charge >= 0.3 is 0 Å². The fourth-order valence-electron chi connectivity index (χ4n) is 2.69. The number of hydrogen-bond donors (Lipinski definition) is 0. The molecule has 4 heterocycles. The first kappa shape index (κ1) is 9.75. The molecule has 0 aromatic carbocycles. The van der Waals surface area contributed by atoms with E-state index in [1.807, 2.05) is 11.7 Å². The Morgan fingerprint density at radius 2 is 2.13 bits per heavy atom. The Hall–Kier alpha value is -0.450. The molecule has 2 bridgehead atoms. The Bertz CT molecular complexity index is 304. The van der Waals surface area contributed by atoms with Gasteiger partial charge in [-0.05, 0) is 25.9 Å². The van der Waals surface area contributed by atoms with Gasteiger partial charge in [-0.2, -0.15) is 0 Å². The van der Waals surface area contributed by atoms with Gasteiger partial charge in [0.2, 0.25) is 0 Å². The summed E-state index contributed by atoms with van der Waals surface area (Å²) in [4.78, 5) is 10.8. The van der Waals surface area contributed by atoms with Gasteiger partial charge in [0.15, 0.2) is 0 Å². The van der Waals surface area contributed by atoms with Crippen molar-refractivity contribution in [1.82, 2.24) is 14.8 Å². The van der Waals surface area contributed by atoms with Crippen molar-refractivity contribution in [1.29, 1.82) is 0 Å². The molecule has 0 atom stereocenters. The van der Waals surface area contributed by atoms with Gasteiger partial charge in [0.25, 0.3) is 0 Å². The van der Waals surface area contributed by atoms with Crippen molar-refractivity contribution in [3.63, 3.8) is 0 Å². The van der Waals surface area contributed by atoms with Crippen LogP contribution in [0.4, 0.5) is 0 Å². The first-order valence-corrected chi connectivity index (χ1v) is 6.63. The second-order valence-electron chi connectivity index (χ2n) is 4.51. The van der Waals surface area contributed by atoms with Crippen LogP contribution < -0.4 is 0 Å². The fraction of sp³-hybridized carbons (Fsp3) is 0.727. The molecule has 3 saturated heterocycles. The lowest BCUT2D eigenvalue weighted by molar-refractivity contribution is 0.178. The molecule has 82 valence electrons. The molecule has 0 spiro atoms. The smallest absolute Gasteiger partial charge is 0.0794 e. The Morgan fingerprint density at radius 3 is 2.87 bits per heavy atom. The Labute approximate surface area is 94.7 Å². The zero-order valence-corrected chi connectivity index (χ0v) is 9.75. The maximum Gasteiger partial charge on any atom is 0.0794 e. The van der Waals surface area contributed by atoms with Crippen LogP contribution in [0.1, 0.15) is 17.7 Å². The van der Waals surface area contributed by atoms with Gasteiger partial charge in [0.1, 0.15) is 0 Å². The topological polar surface area (TPSA) is 19.4 Å². The van der Waals surface area contributed by atoms with Crippen molar-refractivity contribution >= 4 is 11.3 Å². The first-order chi connectivity index (χ1) is 7.42. The van der Waals surface area contributed by atoms with Gasteiger partial charge in [-0.1, -0.05) is 0 Å². The number of hydrogen-bond acceptors (Lipinski definition) is 4. The minimum absolute atomic E-state index is 0.825. The third-order valence-electron chi connectivity index (χ3n) is 3.62. The van der Waals surface area contributed by atoms with E-state index in [-0.39, 0.29) is 0 Å². The summed E-state index contributed by atoms with van der Waals surface area (Å²) in [5.41, 5.74) is 1.94. The monoisotopic (exact) mass is 223 g/mol. The number of piperidine rings is 1. The van der Waals surface area contributed by atoms with Crippen LogP contribution in [0.3, 0.4) is 0 Å². The molecule has 0 aliphatic carbocycles. The lowest BCUT2D eigenvalue weighted by Crippen LogP contribution is -2.37. The summed E-state index contributed by atoms with van der Waals surface area (Å²) in [5, 5.41) is 0. The fourth-order valence-corrected chi connectivity index (χ4v) is 3.31. The molecule has 3 nitrogen and oxygen atoms in total. The van der Waals surface area contributed by atoms with Crippen LogP contribution in [0.5, 0.6) is 0 Å². The van der Waals surface area contributed by atoms with Crippen molar-refractivity contribution in [2.75, 3.05) is 26.2 Å². The van der Waals surface area contributed by atoms with Crippen LogP contribution in [-0.2, 0) is 6.54 Å². The van der Waals surface area contributed by atoms with Crippen molar-refractivity contribution < 1.29 is 0 Å². The van der Waals surface area contributed by atoms with Gasteiger partial charge in [0.05, 0.1) is 5.51 Å². The lowest BCUT2D eigenvalue weighted by atomic mass is 10.1. The van der Waals surface area contributed by atoms with Crippen molar-refractivity contribution in [2.45, 2.75) is 25.4 Å². The molecule has 0 amide bonds. The number of fused-ring (bicyclic) bond motifs is 4. The quantitative estimate of drug-likeness (QED) is 0.756. The maximum absolute atomic E-state index is 4.15. The highest BCUT2D eigenvalue weighted by Crippen LogP contribution is 2.23. The van der Waals surface area contributed by atoms with E-state index >= 15 is 0 Å². The molecule has 3 aliphatic rings. The van der Waals surface area contributed by atoms with Crippen LogP contribution in [0, 0.1) is 0 Å². The van der Waals surface area contributed by atoms with Crippen molar-refractivity contribution in [2.24, 2.45) is 0 Å². The Balaban J connectivity index is 1.70. The Morgan fingerprint density at radius 1 is 1.27 bits per heavy atom. The third kappa shape index (κ3) is 2.07. The van der Waals surface area contributed by atoms with Gasteiger partial charge in [0, 0.05) is 36.8 Å². The van der Waals surface area contributed by atoms with Gasteiger partial charge < -0.3 is 4.90 Å². The predicted octanol–water partition coefficient (Wildman–Crippen LogP) is 1.42. The van der Waals surface area contributed by atoms with Crippen LogP contribution in [0.25, 0.3) is 0 Å². The van der Waals surface area contributed by atoms with E-state index in [1.165, 1.54) is 43.9 Å². The maximum atomic E-state index is 4.15. The first-order valence-electron chi connectivity index (χ1n) is 5.75. The van der Waals surface area contributed by atoms with Crippen molar-refractivity contribution in [3.8, 4) is 0 Å². The van der Waals surface area contributed by atoms with E-state index in [1.54, 1.807) is 11.3 Å². The summed E-state index contributed by atoms with van der Waals surface area (Å²) >= 11 is 1.78. The molecule has 15 heavy (non-hydrogen) atoms. The highest BCUT2D eigenvalue weighted by Gasteiger charge is 2.28. The van der Waals surface area contributed by atoms with Crippen LogP contribution in [-0.4, -0.2) is 47.0 Å². The summed E-state index contributed by atoms with van der Waals surface area (Å²) in [5.74, 6) is 0. The SMILES string of the molecule is c1ncc(CN2CCN3CCC2CC3)s1. The number of thiazole rings is 1. The van der Waals surface area contributed by atoms with Crippen LogP contribution in [0.2, 0.25) is 0 Å². The standard InChI is InChI=1S/C11H17N3S/c1-3-13-4-2-10(1)14(6-5-13)8-11-7-12-9-15-11/h7,9-10H,1-6,8H2. The summed E-state index contributed by atoms with van der Waals surface area (Å²) in [6.45, 7) is 6.23. The van der Waals surface area contributed by atoms with E-state index in [0.29, 0.717) is 0 Å². The van der Waals surface area contributed by atoms with Gasteiger partial charge in [-0.15, -0.1) is 11.3 Å². The molecule has 0 radical (unpaired) electrons. The molecule has 1 aromatic rings. The second-order valence-corrected chi connectivity index (χ2v) is 5.48. The van der Waals surface area contributed by atoms with E-state index in [2.05, 4.69) is 14.8 Å². The summed E-state index contributed by atoms with van der Waals surface area (Å²) in [6, 6.07) is 0.825. The molecule has 4 rings (SSSR count). The third-order valence-corrected chi connectivity index (χ3v) is 4.38. The minimum atomic E-state index is 0.825. The molecule has 0 N–H and O–H groups in total. The molecule has 4 heteroatoms. The summed E-state index contributed by atoms with van der Waals surface area (Å²) in [7, 11) is 0. The van der Waals surface area contributed by atoms with Gasteiger partial charge in [-0.3, -0.25) is 9.88 Å². The zero-order valence-electron chi connectivity index (χ0n) is 8.93. The van der Waals surface area contributed by atoms with E-state index in [0.717, 1.165) is 12.6 Å². The largest absolute Gasteiger partial charge is 0.302 e. The molecular weight excluding hydrogens is 206 g/mol. The van der Waals surface area contributed by atoms with E-state index in [9.17, 15) is 0 Å². The Kier molecular flexibility index (Phi) is 2.73. The lowest BCUT2D eigenvalue weighted by Gasteiger charge is -2.30. The molecule has 0 saturated carbocycles. The molecule has 1 aromatic heterocycles. The zero-order chi connectivity index (χ0) is 10.1. The van der Waals surface area contributed by atoms with E-state index in [4.69, 9.17) is 0 Å². The normalized spacial score (nSPS) is 31.7. The van der Waals surface area contributed by atoms with Gasteiger partial charge in [-0.25, -0.2) is 0 Å². The van der Waals surface area contributed by atoms with Crippen LogP contribution in [0.15, 0.2) is 11.7 Å². The molecule has 3 aliphatic heterocycles. The highest BCUT2D eigenvalue weighted by atomic mass is 32.1. The molecule has 0 unspecified atom stereocenters. The second kappa shape index (κ2) is 4.20. The average Bonchev–Trinajstić information content (AvgIpc) is 2.63. The predicted molar refractivity (Wildman–Crippen MR) is 62.0 cm³/mol. The summed E-state index contributed by atoms with van der Waals surface area (Å²) < 4.78 is 0. The average molecular weight is 223 g/mol. The number of rotatable bonds is 2. The van der Waals surface area contributed by atoms with Crippen molar-refractivity contribution in [3.05, 3.63) is 16.6 Å². The number of aromatic nitrogens is 1. The summed E-state index contributed by atoms with van der Waals surface area (Å²) in [6.07, 6.45) is 4.74. The molecular formula is C11H17N3S. The van der Waals surface area contributed by atoms with E-state index < -0.39 is 0 Å². The minimum Gasteiger partial charge on any atom is -0.302 e.